The highest BCUT2D eigenvalue weighted by Crippen LogP contribution is 2.22. The molecule has 0 aliphatic carbocycles. The third-order valence-electron chi connectivity index (χ3n) is 3.09. The Bertz CT molecular complexity index is 687. The van der Waals surface area contributed by atoms with E-state index in [4.69, 9.17) is 16.3 Å². The lowest BCUT2D eigenvalue weighted by atomic mass is 10.2. The average Bonchev–Trinajstić information content (AvgIpc) is 2.44. The summed E-state index contributed by atoms with van der Waals surface area (Å²) in [4.78, 5) is 11.7. The molecule has 0 atom stereocenters. The molecule has 0 aliphatic rings. The van der Waals surface area contributed by atoms with Crippen molar-refractivity contribution in [3.63, 3.8) is 0 Å². The minimum absolute atomic E-state index is 0.0990. The lowest BCUT2D eigenvalue weighted by Gasteiger charge is -2.09. The summed E-state index contributed by atoms with van der Waals surface area (Å²) in [7, 11) is 0. The quantitative estimate of drug-likeness (QED) is 0.773. The molecular weight excluding hydrogens is 324 g/mol. The number of hydrogen-bond donors (Lipinski definition) is 1. The molecule has 0 saturated heterocycles. The maximum Gasteiger partial charge on any atom is 0.224 e. The molecule has 0 radical (unpaired) electrons. The third-order valence-corrected chi connectivity index (χ3v) is 3.32. The van der Waals surface area contributed by atoms with E-state index in [2.05, 4.69) is 5.32 Å². The van der Waals surface area contributed by atoms with Gasteiger partial charge in [0.25, 0.3) is 0 Å². The number of nitrogens with one attached hydrogen (secondary N) is 1. The van der Waals surface area contributed by atoms with Crippen molar-refractivity contribution in [2.45, 2.75) is 19.8 Å². The van der Waals surface area contributed by atoms with Crippen molar-refractivity contribution in [2.75, 3.05) is 11.9 Å². The number of amides is 1. The molecule has 1 N–H and O–H groups in total. The van der Waals surface area contributed by atoms with Crippen LogP contribution in [0.5, 0.6) is 5.75 Å². The summed E-state index contributed by atoms with van der Waals surface area (Å²) >= 11 is 5.86. The van der Waals surface area contributed by atoms with Crippen molar-refractivity contribution in [2.24, 2.45) is 0 Å². The number of benzene rings is 2. The van der Waals surface area contributed by atoms with Gasteiger partial charge >= 0.3 is 0 Å². The van der Waals surface area contributed by atoms with E-state index in [9.17, 15) is 13.6 Å². The van der Waals surface area contributed by atoms with Gasteiger partial charge in [0.1, 0.15) is 17.4 Å². The van der Waals surface area contributed by atoms with Crippen LogP contribution in [0.25, 0.3) is 0 Å². The number of halogens is 3. The van der Waals surface area contributed by atoms with Gasteiger partial charge in [-0.1, -0.05) is 11.6 Å². The van der Waals surface area contributed by atoms with Gasteiger partial charge < -0.3 is 10.1 Å². The fraction of sp³-hybridized carbons (Fsp3) is 0.235. The number of aryl methyl sites for hydroxylation is 1. The van der Waals surface area contributed by atoms with Crippen LogP contribution < -0.4 is 10.1 Å². The van der Waals surface area contributed by atoms with Crippen molar-refractivity contribution in [3.05, 3.63) is 58.6 Å². The Balaban J connectivity index is 1.76. The van der Waals surface area contributed by atoms with Gasteiger partial charge in [0.2, 0.25) is 5.91 Å². The van der Waals surface area contributed by atoms with E-state index in [0.717, 1.165) is 23.8 Å². The first-order valence-corrected chi connectivity index (χ1v) is 7.47. The second kappa shape index (κ2) is 7.92. The molecule has 0 fully saturated rings. The highest BCUT2D eigenvalue weighted by atomic mass is 35.5. The van der Waals surface area contributed by atoms with Crippen molar-refractivity contribution in [1.82, 2.24) is 0 Å². The number of anilines is 1. The molecule has 0 bridgehead atoms. The molecule has 2 aromatic carbocycles. The van der Waals surface area contributed by atoms with Crippen LogP contribution >= 0.6 is 11.6 Å². The Kier molecular flexibility index (Phi) is 5.93. The lowest BCUT2D eigenvalue weighted by Crippen LogP contribution is -2.13. The molecule has 0 saturated carbocycles. The van der Waals surface area contributed by atoms with Crippen LogP contribution in [0.1, 0.15) is 18.4 Å². The predicted molar refractivity (Wildman–Crippen MR) is 85.9 cm³/mol. The number of carbonyl (C=O) groups is 1. The smallest absolute Gasteiger partial charge is 0.224 e. The Morgan fingerprint density at radius 3 is 2.52 bits per heavy atom. The number of ether oxygens (including phenoxy) is 1. The van der Waals surface area contributed by atoms with Gasteiger partial charge in [-0.25, -0.2) is 8.78 Å². The second-order valence-electron chi connectivity index (χ2n) is 5.07. The van der Waals surface area contributed by atoms with Crippen LogP contribution in [0, 0.1) is 18.6 Å². The first-order valence-electron chi connectivity index (χ1n) is 7.09. The molecule has 3 nitrogen and oxygen atoms in total. The van der Waals surface area contributed by atoms with Crippen LogP contribution in [-0.4, -0.2) is 12.5 Å². The molecule has 2 rings (SSSR count). The average molecular weight is 340 g/mol. The van der Waals surface area contributed by atoms with Gasteiger partial charge in [-0.3, -0.25) is 4.79 Å². The molecular formula is C17H16ClF2NO2. The van der Waals surface area contributed by atoms with Crippen LogP contribution in [0.4, 0.5) is 14.5 Å². The fourth-order valence-corrected chi connectivity index (χ4v) is 2.27. The van der Waals surface area contributed by atoms with Gasteiger partial charge in [0.05, 0.1) is 6.61 Å². The van der Waals surface area contributed by atoms with Crippen molar-refractivity contribution < 1.29 is 18.3 Å². The van der Waals surface area contributed by atoms with Gasteiger partial charge in [-0.15, -0.1) is 0 Å². The summed E-state index contributed by atoms with van der Waals surface area (Å²) in [6, 6.07) is 8.17. The maximum atomic E-state index is 13.0. The minimum atomic E-state index is -0.734. The molecule has 0 unspecified atom stereocenters. The first kappa shape index (κ1) is 17.2. The molecule has 23 heavy (non-hydrogen) atoms. The predicted octanol–water partition coefficient (Wildman–Crippen LogP) is 4.72. The van der Waals surface area contributed by atoms with Gasteiger partial charge in [0.15, 0.2) is 0 Å². The van der Waals surface area contributed by atoms with Crippen LogP contribution in [0.15, 0.2) is 36.4 Å². The van der Waals surface area contributed by atoms with Gasteiger partial charge in [-0.05, 0) is 49.2 Å². The largest absolute Gasteiger partial charge is 0.493 e. The Morgan fingerprint density at radius 2 is 1.87 bits per heavy atom. The van der Waals surface area contributed by atoms with Crippen LogP contribution in [-0.2, 0) is 4.79 Å². The topological polar surface area (TPSA) is 38.3 Å². The van der Waals surface area contributed by atoms with Crippen molar-refractivity contribution in [1.29, 1.82) is 0 Å². The van der Waals surface area contributed by atoms with E-state index < -0.39 is 11.6 Å². The Hall–Kier alpha value is -2.14. The summed E-state index contributed by atoms with van der Waals surface area (Å²) in [6.07, 6.45) is 0.663. The zero-order chi connectivity index (χ0) is 16.8. The van der Waals surface area contributed by atoms with E-state index in [-0.39, 0.29) is 18.0 Å². The van der Waals surface area contributed by atoms with E-state index in [1.807, 2.05) is 6.92 Å². The van der Waals surface area contributed by atoms with E-state index in [1.165, 1.54) is 0 Å². The van der Waals surface area contributed by atoms with Gasteiger partial charge in [0, 0.05) is 23.2 Å². The van der Waals surface area contributed by atoms with Gasteiger partial charge in [-0.2, -0.15) is 0 Å². The molecule has 0 aliphatic heterocycles. The van der Waals surface area contributed by atoms with Crippen LogP contribution in [0.3, 0.4) is 0 Å². The summed E-state index contributed by atoms with van der Waals surface area (Å²) in [5.74, 6) is -1.09. The number of hydrogen-bond acceptors (Lipinski definition) is 2. The molecule has 0 spiro atoms. The highest BCUT2D eigenvalue weighted by molar-refractivity contribution is 6.30. The monoisotopic (exact) mass is 339 g/mol. The summed E-state index contributed by atoms with van der Waals surface area (Å²) < 4.78 is 31.6. The first-order chi connectivity index (χ1) is 10.9. The SMILES string of the molecule is Cc1cc(Cl)ccc1OCCCC(=O)Nc1cc(F)cc(F)c1. The summed E-state index contributed by atoms with van der Waals surface area (Å²) in [5, 5.41) is 3.08. The number of rotatable bonds is 6. The second-order valence-corrected chi connectivity index (χ2v) is 5.50. The molecule has 0 heterocycles. The van der Waals surface area contributed by atoms with E-state index in [0.29, 0.717) is 23.8 Å². The normalized spacial score (nSPS) is 10.4. The van der Waals surface area contributed by atoms with E-state index in [1.54, 1.807) is 18.2 Å². The molecule has 0 aromatic heterocycles. The molecule has 2 aromatic rings. The van der Waals surface area contributed by atoms with Crippen molar-refractivity contribution >= 4 is 23.2 Å². The molecule has 122 valence electrons. The standard InChI is InChI=1S/C17H16ClF2NO2/c1-11-7-12(18)4-5-16(11)23-6-2-3-17(22)21-15-9-13(19)8-14(20)10-15/h4-5,7-10H,2-3,6H2,1H3,(H,21,22). The number of carbonyl (C=O) groups excluding carboxylic acids is 1. The molecule has 1 amide bonds. The third kappa shape index (κ3) is 5.53. The zero-order valence-corrected chi connectivity index (χ0v) is 13.3. The van der Waals surface area contributed by atoms with Crippen molar-refractivity contribution in [3.8, 4) is 5.75 Å². The zero-order valence-electron chi connectivity index (χ0n) is 12.5. The summed E-state index contributed by atoms with van der Waals surface area (Å²) in [6.45, 7) is 2.24. The Labute approximate surface area is 138 Å². The molecule has 6 heteroatoms. The minimum Gasteiger partial charge on any atom is -0.493 e. The lowest BCUT2D eigenvalue weighted by molar-refractivity contribution is -0.116. The van der Waals surface area contributed by atoms with Crippen LogP contribution in [0.2, 0.25) is 5.02 Å². The highest BCUT2D eigenvalue weighted by Gasteiger charge is 2.06. The Morgan fingerprint density at radius 1 is 1.17 bits per heavy atom. The fourth-order valence-electron chi connectivity index (χ4n) is 2.04. The summed E-state index contributed by atoms with van der Waals surface area (Å²) in [5.41, 5.74) is 1.01. The van der Waals surface area contributed by atoms with E-state index >= 15 is 0 Å². The maximum absolute atomic E-state index is 13.0.